The molecule has 1 amide bonds. The number of nitrogens with zero attached hydrogens (tertiary/aromatic N) is 1. The van der Waals surface area contributed by atoms with Gasteiger partial charge in [-0.15, -0.1) is 11.3 Å². The fraction of sp³-hybridized carbons (Fsp3) is 0.440. The summed E-state index contributed by atoms with van der Waals surface area (Å²) in [6.07, 6.45) is 17.3. The first-order valence-electron chi connectivity index (χ1n) is 11.1. The zero-order chi connectivity index (χ0) is 22.3. The lowest BCUT2D eigenvalue weighted by Gasteiger charge is -2.34. The molecule has 6 nitrogen and oxygen atoms in total. The maximum atomic E-state index is 13.3. The lowest BCUT2D eigenvalue weighted by atomic mass is 9.95. The van der Waals surface area contributed by atoms with Gasteiger partial charge < -0.3 is 19.1 Å². The summed E-state index contributed by atoms with van der Waals surface area (Å²) in [5.41, 5.74) is 1.31. The van der Waals surface area contributed by atoms with E-state index < -0.39 is 0 Å². The topological polar surface area (TPSA) is 65.1 Å². The van der Waals surface area contributed by atoms with E-state index in [0.29, 0.717) is 17.2 Å². The molecule has 0 spiro atoms. The molecule has 1 saturated carbocycles. The molecule has 0 saturated heterocycles. The normalized spacial score (nSPS) is 18.2. The van der Waals surface area contributed by atoms with Crippen molar-refractivity contribution in [1.29, 1.82) is 0 Å². The molecule has 2 heterocycles. The summed E-state index contributed by atoms with van der Waals surface area (Å²) in [6.45, 7) is 0.624. The van der Waals surface area contributed by atoms with Gasteiger partial charge in [-0.25, -0.2) is 4.79 Å². The molecule has 1 aromatic heterocycles. The number of carbonyl (C=O) groups excluding carboxylic acids is 2. The molecule has 1 unspecified atom stereocenters. The van der Waals surface area contributed by atoms with Crippen molar-refractivity contribution in [2.75, 3.05) is 13.7 Å². The second kappa shape index (κ2) is 10.7. The van der Waals surface area contributed by atoms with Gasteiger partial charge in [-0.2, -0.15) is 0 Å². The Balaban J connectivity index is 1.48. The molecule has 170 valence electrons. The smallest absolute Gasteiger partial charge is 0.348 e. The average molecular weight is 456 g/mol. The number of amides is 1. The third-order valence-corrected chi connectivity index (χ3v) is 6.99. The SMILES string of the molecule is COC(=O)c1ccc(CCCN(C(=O)C2CC2)C(CC2=CC=CCC2)C2=COC=CO2)s1. The summed E-state index contributed by atoms with van der Waals surface area (Å²) >= 11 is 1.45. The molecule has 2 aliphatic carbocycles. The molecule has 1 atom stereocenters. The highest BCUT2D eigenvalue weighted by atomic mass is 32.1. The van der Waals surface area contributed by atoms with Crippen LogP contribution in [0.5, 0.6) is 0 Å². The number of thiophene rings is 1. The van der Waals surface area contributed by atoms with Gasteiger partial charge in [-0.3, -0.25) is 4.79 Å². The van der Waals surface area contributed by atoms with Crippen LogP contribution < -0.4 is 0 Å². The van der Waals surface area contributed by atoms with Crippen LogP contribution >= 0.6 is 11.3 Å². The van der Waals surface area contributed by atoms with Gasteiger partial charge in [0.05, 0.1) is 13.2 Å². The first-order chi connectivity index (χ1) is 15.7. The number of hydrogen-bond acceptors (Lipinski definition) is 6. The lowest BCUT2D eigenvalue weighted by Crippen LogP contribution is -2.44. The molecule has 1 aromatic rings. The number of methoxy groups -OCH3 is 1. The lowest BCUT2D eigenvalue weighted by molar-refractivity contribution is -0.135. The van der Waals surface area contributed by atoms with E-state index >= 15 is 0 Å². The van der Waals surface area contributed by atoms with Crippen molar-refractivity contribution in [3.05, 3.63) is 70.2 Å². The van der Waals surface area contributed by atoms with Gasteiger partial charge in [-0.1, -0.05) is 23.8 Å². The van der Waals surface area contributed by atoms with Crippen molar-refractivity contribution in [2.45, 2.75) is 51.0 Å². The fourth-order valence-corrected chi connectivity index (χ4v) is 4.96. The Morgan fingerprint density at radius 1 is 1.28 bits per heavy atom. The van der Waals surface area contributed by atoms with Crippen LogP contribution in [0, 0.1) is 5.92 Å². The van der Waals surface area contributed by atoms with Gasteiger partial charge >= 0.3 is 5.97 Å². The van der Waals surface area contributed by atoms with Crippen LogP contribution in [0.4, 0.5) is 0 Å². The van der Waals surface area contributed by atoms with Gasteiger partial charge in [0.2, 0.25) is 5.91 Å². The third-order valence-electron chi connectivity index (χ3n) is 5.86. The maximum absolute atomic E-state index is 13.3. The Bertz CT molecular complexity index is 953. The molecular weight excluding hydrogens is 426 g/mol. The largest absolute Gasteiger partial charge is 0.466 e. The average Bonchev–Trinajstić information content (AvgIpc) is 3.59. The van der Waals surface area contributed by atoms with Crippen molar-refractivity contribution in [2.24, 2.45) is 5.92 Å². The van der Waals surface area contributed by atoms with Crippen molar-refractivity contribution < 1.29 is 23.8 Å². The highest BCUT2D eigenvalue weighted by molar-refractivity contribution is 7.13. The molecule has 4 rings (SSSR count). The van der Waals surface area contributed by atoms with Gasteiger partial charge in [-0.05, 0) is 57.1 Å². The minimum atomic E-state index is -0.309. The molecule has 0 aromatic carbocycles. The highest BCUT2D eigenvalue weighted by Gasteiger charge is 2.38. The Kier molecular flexibility index (Phi) is 7.47. The molecule has 0 N–H and O–H groups in total. The zero-order valence-corrected chi connectivity index (χ0v) is 19.1. The van der Waals surface area contributed by atoms with Crippen LogP contribution in [0.3, 0.4) is 0 Å². The van der Waals surface area contributed by atoms with E-state index in [1.54, 1.807) is 12.3 Å². The first-order valence-corrected chi connectivity index (χ1v) is 12.0. The number of allylic oxidation sites excluding steroid dienone is 3. The van der Waals surface area contributed by atoms with Crippen molar-refractivity contribution in [3.63, 3.8) is 0 Å². The van der Waals surface area contributed by atoms with E-state index in [1.165, 1.54) is 36.5 Å². The highest BCUT2D eigenvalue weighted by Crippen LogP contribution is 2.35. The number of rotatable bonds is 10. The predicted octanol–water partition coefficient (Wildman–Crippen LogP) is 5.10. The minimum Gasteiger partial charge on any atom is -0.466 e. The van der Waals surface area contributed by atoms with Crippen molar-refractivity contribution in [1.82, 2.24) is 4.90 Å². The van der Waals surface area contributed by atoms with Crippen LogP contribution in [0.2, 0.25) is 0 Å². The summed E-state index contributed by atoms with van der Waals surface area (Å²) < 4.78 is 16.0. The molecule has 0 bridgehead atoms. The molecule has 1 aliphatic heterocycles. The summed E-state index contributed by atoms with van der Waals surface area (Å²) in [4.78, 5) is 28.7. The number of esters is 1. The van der Waals surface area contributed by atoms with Crippen molar-refractivity contribution >= 4 is 23.2 Å². The summed E-state index contributed by atoms with van der Waals surface area (Å²) in [5.74, 6) is 0.672. The number of carbonyl (C=O) groups is 2. The second-order valence-corrected chi connectivity index (χ2v) is 9.39. The molecule has 32 heavy (non-hydrogen) atoms. The first kappa shape index (κ1) is 22.4. The predicted molar refractivity (Wildman–Crippen MR) is 123 cm³/mol. The van der Waals surface area contributed by atoms with Crippen LogP contribution in [0.15, 0.2) is 60.5 Å². The third kappa shape index (κ3) is 5.71. The second-order valence-electron chi connectivity index (χ2n) is 8.22. The Morgan fingerprint density at radius 2 is 2.16 bits per heavy atom. The Hall–Kier alpha value is -2.80. The van der Waals surface area contributed by atoms with Gasteiger partial charge in [0.15, 0.2) is 5.76 Å². The molecule has 7 heteroatoms. The van der Waals surface area contributed by atoms with E-state index in [4.69, 9.17) is 14.2 Å². The number of ether oxygens (including phenoxy) is 3. The molecule has 0 radical (unpaired) electrons. The van der Waals surface area contributed by atoms with E-state index in [9.17, 15) is 9.59 Å². The van der Waals surface area contributed by atoms with Gasteiger partial charge in [0, 0.05) is 17.3 Å². The van der Waals surface area contributed by atoms with Gasteiger partial charge in [0.1, 0.15) is 23.7 Å². The molecule has 1 fully saturated rings. The maximum Gasteiger partial charge on any atom is 0.348 e. The van der Waals surface area contributed by atoms with Crippen molar-refractivity contribution in [3.8, 4) is 0 Å². The van der Waals surface area contributed by atoms with Gasteiger partial charge in [0.25, 0.3) is 0 Å². The monoisotopic (exact) mass is 455 g/mol. The number of aryl methyl sites for hydroxylation is 1. The zero-order valence-electron chi connectivity index (χ0n) is 18.3. The van der Waals surface area contributed by atoms with E-state index in [1.807, 2.05) is 11.0 Å². The quantitative estimate of drug-likeness (QED) is 0.459. The van der Waals surface area contributed by atoms with Crippen LogP contribution in [0.25, 0.3) is 0 Å². The van der Waals surface area contributed by atoms with Crippen LogP contribution in [-0.4, -0.2) is 36.5 Å². The standard InChI is InChI=1S/C25H29NO5S/c1-29-25(28)23-12-11-20(32-23)8-5-13-26(24(27)19-9-10-19)21(22-17-30-14-15-31-22)16-18-6-3-2-4-7-18/h2-3,6,11-12,14-15,17,19,21H,4-5,7-10,13,16H2,1H3. The minimum absolute atomic E-state index is 0.117. The fourth-order valence-electron chi connectivity index (χ4n) is 4.00. The number of hydrogen-bond donors (Lipinski definition) is 0. The van der Waals surface area contributed by atoms with E-state index in [2.05, 4.69) is 18.2 Å². The van der Waals surface area contributed by atoms with E-state index in [0.717, 1.165) is 49.8 Å². The molecular formula is C25H29NO5S. The molecule has 3 aliphatic rings. The summed E-state index contributed by atoms with van der Waals surface area (Å²) in [6, 6.07) is 3.57. The summed E-state index contributed by atoms with van der Waals surface area (Å²) in [5, 5.41) is 0. The van der Waals surface area contributed by atoms with Crippen LogP contribution in [-0.2, 0) is 25.4 Å². The van der Waals surface area contributed by atoms with Crippen LogP contribution in [0.1, 0.15) is 53.1 Å². The Morgan fingerprint density at radius 3 is 2.84 bits per heavy atom. The summed E-state index contributed by atoms with van der Waals surface area (Å²) in [7, 11) is 1.39. The van der Waals surface area contributed by atoms with E-state index in [-0.39, 0.29) is 23.8 Å². The Labute approximate surface area is 192 Å².